The molecule has 0 aromatic rings. The lowest BCUT2D eigenvalue weighted by atomic mass is 9.96. The maximum absolute atomic E-state index is 13.4. The summed E-state index contributed by atoms with van der Waals surface area (Å²) in [6, 6.07) is -0.883. The molecule has 0 bridgehead atoms. The number of ether oxygens (including phenoxy) is 6. The predicted molar refractivity (Wildman–Crippen MR) is 333 cm³/mol. The number of aliphatic hydroxyl groups is 11. The number of allylic oxidation sites excluding steroid dienone is 2. The summed E-state index contributed by atoms with van der Waals surface area (Å²) in [5.74, 6) is -0.238. The van der Waals surface area contributed by atoms with Gasteiger partial charge in [-0.25, -0.2) is 0 Å². The van der Waals surface area contributed by atoms with Crippen LogP contribution in [0.15, 0.2) is 12.2 Å². The summed E-state index contributed by atoms with van der Waals surface area (Å²) in [7, 11) is 0. The second-order valence-corrected chi connectivity index (χ2v) is 25.3. The molecule has 19 nitrogen and oxygen atoms in total. The zero-order valence-corrected chi connectivity index (χ0v) is 53.6. The second kappa shape index (κ2) is 50.1. The number of hydrogen-bond donors (Lipinski definition) is 12. The van der Waals surface area contributed by atoms with Gasteiger partial charge in [0.15, 0.2) is 18.9 Å². The second-order valence-electron chi connectivity index (χ2n) is 25.3. The molecule has 3 saturated heterocycles. The minimum absolute atomic E-state index is 0.238. The highest BCUT2D eigenvalue weighted by Gasteiger charge is 2.53. The number of nitrogens with one attached hydrogen (secondary N) is 1. The van der Waals surface area contributed by atoms with Gasteiger partial charge < -0.3 is 89.9 Å². The third-order valence-corrected chi connectivity index (χ3v) is 17.8. The van der Waals surface area contributed by atoms with Gasteiger partial charge in [-0.05, 0) is 38.5 Å². The molecule has 3 rings (SSSR count). The first-order chi connectivity index (χ1) is 41.8. The number of hydrogen-bond acceptors (Lipinski definition) is 18. The van der Waals surface area contributed by atoms with Gasteiger partial charge in [-0.15, -0.1) is 0 Å². The van der Waals surface area contributed by atoms with Crippen LogP contribution in [0.25, 0.3) is 0 Å². The van der Waals surface area contributed by atoms with E-state index in [2.05, 4.69) is 31.3 Å². The van der Waals surface area contributed by atoms with Crippen LogP contribution in [-0.2, 0) is 33.2 Å². The van der Waals surface area contributed by atoms with Gasteiger partial charge >= 0.3 is 0 Å². The standard InChI is InChI=1S/C67H127NO18/c1-3-5-7-9-11-13-15-17-19-20-21-22-23-24-25-26-27-28-29-30-31-33-35-37-39-41-43-45-55(73)68-50(51(72)44-42-40-38-36-34-32-18-16-14-12-10-8-6-4-2)49-81-65-61(79)58(76)63(53(47-70)83-65)86-67-62(80)59(77)64(54(48-71)84-67)85-66-60(78)57(75)56(74)52(46-69)82-66/h20-21,50-54,56-67,69-72,74-80H,3-19,22-49H2,1-2H3,(H,68,73)/b21-20-. The van der Waals surface area contributed by atoms with Crippen LogP contribution in [0.4, 0.5) is 0 Å². The molecule has 17 atom stereocenters. The van der Waals surface area contributed by atoms with Crippen molar-refractivity contribution in [2.75, 3.05) is 26.4 Å². The normalized spacial score (nSPS) is 28.8. The first kappa shape index (κ1) is 78.8. The highest BCUT2D eigenvalue weighted by Crippen LogP contribution is 2.33. The fourth-order valence-corrected chi connectivity index (χ4v) is 12.1. The first-order valence-corrected chi connectivity index (χ1v) is 34.9. The van der Waals surface area contributed by atoms with E-state index >= 15 is 0 Å². The van der Waals surface area contributed by atoms with Crippen molar-refractivity contribution in [2.24, 2.45) is 0 Å². The van der Waals surface area contributed by atoms with Gasteiger partial charge in [-0.2, -0.15) is 0 Å². The summed E-state index contributed by atoms with van der Waals surface area (Å²) >= 11 is 0. The summed E-state index contributed by atoms with van der Waals surface area (Å²) in [4.78, 5) is 13.4. The molecule has 0 saturated carbocycles. The number of unbranched alkanes of at least 4 members (excludes halogenated alkanes) is 36. The van der Waals surface area contributed by atoms with E-state index in [9.17, 15) is 61.0 Å². The largest absolute Gasteiger partial charge is 0.394 e. The Labute approximate surface area is 518 Å². The molecule has 19 heteroatoms. The minimum atomic E-state index is -1.97. The fraction of sp³-hybridized carbons (Fsp3) is 0.955. The van der Waals surface area contributed by atoms with Crippen molar-refractivity contribution in [1.82, 2.24) is 5.32 Å². The average Bonchev–Trinajstić information content (AvgIpc) is 1.96. The molecule has 3 heterocycles. The van der Waals surface area contributed by atoms with Crippen LogP contribution >= 0.6 is 0 Å². The zero-order chi connectivity index (χ0) is 62.6. The van der Waals surface area contributed by atoms with E-state index in [0.29, 0.717) is 12.8 Å². The Bertz CT molecular complexity index is 1620. The van der Waals surface area contributed by atoms with E-state index in [0.717, 1.165) is 44.9 Å². The highest BCUT2D eigenvalue weighted by atomic mass is 16.8. The van der Waals surface area contributed by atoms with E-state index in [-0.39, 0.29) is 18.9 Å². The molecule has 0 aromatic heterocycles. The van der Waals surface area contributed by atoms with E-state index < -0.39 is 124 Å². The molecule has 86 heavy (non-hydrogen) atoms. The summed E-state index contributed by atoms with van der Waals surface area (Å²) in [6.45, 7) is 1.82. The van der Waals surface area contributed by atoms with Crippen molar-refractivity contribution in [3.63, 3.8) is 0 Å². The third kappa shape index (κ3) is 32.2. The van der Waals surface area contributed by atoms with Crippen LogP contribution in [0.2, 0.25) is 0 Å². The van der Waals surface area contributed by atoms with Gasteiger partial charge in [0.25, 0.3) is 0 Å². The molecule has 0 aromatic carbocycles. The van der Waals surface area contributed by atoms with E-state index in [4.69, 9.17) is 28.4 Å². The van der Waals surface area contributed by atoms with Crippen molar-refractivity contribution in [2.45, 2.75) is 381 Å². The van der Waals surface area contributed by atoms with Gasteiger partial charge in [-0.3, -0.25) is 4.79 Å². The third-order valence-electron chi connectivity index (χ3n) is 17.8. The van der Waals surface area contributed by atoms with E-state index in [1.165, 1.54) is 199 Å². The smallest absolute Gasteiger partial charge is 0.220 e. The SMILES string of the molecule is CCCCCCCCCC/C=C\CCCCCCCCCCCCCCCCCC(=O)NC(COC1OC(CO)C(OC2OC(CO)C(OC3OC(CO)C(O)C(O)C3O)C(O)C2O)C(O)C1O)C(O)CCCCCCCCCCCCCCCC. The molecule has 0 spiro atoms. The number of rotatable bonds is 54. The maximum Gasteiger partial charge on any atom is 0.220 e. The van der Waals surface area contributed by atoms with Gasteiger partial charge in [0.2, 0.25) is 5.91 Å². The average molecular weight is 1230 g/mol. The Balaban J connectivity index is 1.39. The molecular formula is C67H127NO18. The van der Waals surface area contributed by atoms with Crippen molar-refractivity contribution in [1.29, 1.82) is 0 Å². The van der Waals surface area contributed by atoms with Gasteiger partial charge in [0.1, 0.15) is 73.2 Å². The molecular weight excluding hydrogens is 1110 g/mol. The van der Waals surface area contributed by atoms with Crippen LogP contribution in [-0.4, -0.2) is 193 Å². The molecule has 1 amide bonds. The van der Waals surface area contributed by atoms with Crippen LogP contribution in [0.5, 0.6) is 0 Å². The molecule has 17 unspecified atom stereocenters. The number of amides is 1. The summed E-state index contributed by atoms with van der Waals surface area (Å²) in [5, 5.41) is 121. The molecule has 3 fully saturated rings. The Hall–Kier alpha value is -1.47. The zero-order valence-electron chi connectivity index (χ0n) is 53.6. The Morgan fingerprint density at radius 1 is 0.407 bits per heavy atom. The monoisotopic (exact) mass is 1230 g/mol. The Morgan fingerprint density at radius 3 is 1.13 bits per heavy atom. The van der Waals surface area contributed by atoms with Crippen LogP contribution in [0.1, 0.15) is 277 Å². The molecule has 0 radical (unpaired) electrons. The first-order valence-electron chi connectivity index (χ1n) is 34.9. The molecule has 0 aliphatic carbocycles. The van der Waals surface area contributed by atoms with Crippen molar-refractivity contribution < 1.29 is 89.4 Å². The van der Waals surface area contributed by atoms with Crippen LogP contribution in [0, 0.1) is 0 Å². The van der Waals surface area contributed by atoms with Gasteiger partial charge in [-0.1, -0.05) is 244 Å². The van der Waals surface area contributed by atoms with Crippen LogP contribution < -0.4 is 5.32 Å². The molecule has 508 valence electrons. The topological polar surface area (TPSA) is 307 Å². The lowest BCUT2D eigenvalue weighted by Gasteiger charge is -2.48. The molecule has 3 aliphatic heterocycles. The van der Waals surface area contributed by atoms with Crippen LogP contribution in [0.3, 0.4) is 0 Å². The fourth-order valence-electron chi connectivity index (χ4n) is 12.1. The van der Waals surface area contributed by atoms with Crippen molar-refractivity contribution in [3.8, 4) is 0 Å². The molecule has 12 N–H and O–H groups in total. The minimum Gasteiger partial charge on any atom is -0.394 e. The van der Waals surface area contributed by atoms with Crippen molar-refractivity contribution >= 4 is 5.91 Å². The van der Waals surface area contributed by atoms with Gasteiger partial charge in [0.05, 0.1) is 38.6 Å². The summed E-state index contributed by atoms with van der Waals surface area (Å²) < 4.78 is 34.4. The van der Waals surface area contributed by atoms with Gasteiger partial charge in [0, 0.05) is 6.42 Å². The van der Waals surface area contributed by atoms with Crippen molar-refractivity contribution in [3.05, 3.63) is 12.2 Å². The Morgan fingerprint density at radius 2 is 0.733 bits per heavy atom. The predicted octanol–water partition coefficient (Wildman–Crippen LogP) is 8.89. The van der Waals surface area contributed by atoms with E-state index in [1.807, 2.05) is 0 Å². The highest BCUT2D eigenvalue weighted by molar-refractivity contribution is 5.76. The number of carbonyl (C=O) groups is 1. The lowest BCUT2D eigenvalue weighted by molar-refractivity contribution is -0.379. The summed E-state index contributed by atoms with van der Waals surface area (Å²) in [6.07, 6.45) is 27.3. The number of carbonyl (C=O) groups excluding carboxylic acids is 1. The van der Waals surface area contributed by atoms with E-state index in [1.54, 1.807) is 0 Å². The maximum atomic E-state index is 13.4. The lowest BCUT2D eigenvalue weighted by Crippen LogP contribution is -2.66. The quantitative estimate of drug-likeness (QED) is 0.0200. The summed E-state index contributed by atoms with van der Waals surface area (Å²) in [5.41, 5.74) is 0. The Kier molecular flexibility index (Phi) is 45.9. The number of aliphatic hydroxyl groups excluding tert-OH is 11. The molecule has 3 aliphatic rings.